The molecule has 0 aromatic heterocycles. The van der Waals surface area contributed by atoms with Crippen LogP contribution in [0.15, 0.2) is 48.5 Å². The van der Waals surface area contributed by atoms with Gasteiger partial charge in [-0.25, -0.2) is 4.79 Å². The van der Waals surface area contributed by atoms with Gasteiger partial charge in [0, 0.05) is 10.7 Å². The quantitative estimate of drug-likeness (QED) is 0.911. The number of anilines is 1. The molecule has 1 N–H and O–H groups in total. The largest absolute Gasteiger partial charge is 0.489 e. The zero-order valence-electron chi connectivity index (χ0n) is 12.7. The Labute approximate surface area is 139 Å². The SMILES string of the molecule is CN[C@H]1CN(c2ccc(OCc3cccc(Cl)c3)cc2)C(=O)O1. The molecule has 1 amide bonds. The fourth-order valence-electron chi connectivity index (χ4n) is 2.34. The number of cyclic esters (lactones) is 1. The van der Waals surface area contributed by atoms with Gasteiger partial charge in [-0.05, 0) is 49.0 Å². The molecule has 23 heavy (non-hydrogen) atoms. The Morgan fingerprint density at radius 2 is 2.09 bits per heavy atom. The van der Waals surface area contributed by atoms with Crippen LogP contribution in [0.1, 0.15) is 5.56 Å². The molecule has 1 saturated heterocycles. The first-order chi connectivity index (χ1) is 11.2. The molecule has 1 aliphatic heterocycles. The van der Waals surface area contributed by atoms with Crippen molar-refractivity contribution < 1.29 is 14.3 Å². The van der Waals surface area contributed by atoms with E-state index in [1.54, 1.807) is 11.9 Å². The predicted octanol–water partition coefficient (Wildman–Crippen LogP) is 3.42. The molecular formula is C17H17ClN2O3. The van der Waals surface area contributed by atoms with E-state index < -0.39 is 0 Å². The maximum atomic E-state index is 11.8. The minimum Gasteiger partial charge on any atom is -0.489 e. The van der Waals surface area contributed by atoms with Gasteiger partial charge in [0.25, 0.3) is 0 Å². The summed E-state index contributed by atoms with van der Waals surface area (Å²) in [4.78, 5) is 13.4. The van der Waals surface area contributed by atoms with Crippen LogP contribution in [0.5, 0.6) is 5.75 Å². The molecule has 1 aliphatic rings. The molecule has 5 nitrogen and oxygen atoms in total. The summed E-state index contributed by atoms with van der Waals surface area (Å²) in [6, 6.07) is 14.9. The number of benzene rings is 2. The van der Waals surface area contributed by atoms with E-state index in [0.717, 1.165) is 17.0 Å². The number of hydrogen-bond acceptors (Lipinski definition) is 4. The fourth-order valence-corrected chi connectivity index (χ4v) is 2.55. The molecule has 3 rings (SSSR count). The van der Waals surface area contributed by atoms with Gasteiger partial charge in [-0.2, -0.15) is 0 Å². The van der Waals surface area contributed by atoms with Crippen LogP contribution < -0.4 is 15.0 Å². The van der Waals surface area contributed by atoms with Gasteiger partial charge in [-0.15, -0.1) is 0 Å². The third-order valence-electron chi connectivity index (χ3n) is 3.58. The summed E-state index contributed by atoms with van der Waals surface area (Å²) < 4.78 is 10.9. The van der Waals surface area contributed by atoms with Gasteiger partial charge in [-0.3, -0.25) is 10.2 Å². The number of likely N-dealkylation sites (N-methyl/N-ethyl adjacent to an activating group) is 1. The Bertz CT molecular complexity index is 690. The van der Waals surface area contributed by atoms with Crippen molar-refractivity contribution in [2.45, 2.75) is 12.8 Å². The second-order valence-corrected chi connectivity index (χ2v) is 5.62. The Morgan fingerprint density at radius 3 is 2.74 bits per heavy atom. The van der Waals surface area contributed by atoms with Crippen LogP contribution in [0.25, 0.3) is 0 Å². The van der Waals surface area contributed by atoms with Crippen molar-refractivity contribution in [3.05, 3.63) is 59.1 Å². The lowest BCUT2D eigenvalue weighted by Gasteiger charge is -2.13. The molecule has 0 spiro atoms. The first kappa shape index (κ1) is 15.6. The lowest BCUT2D eigenvalue weighted by molar-refractivity contribution is 0.128. The van der Waals surface area contributed by atoms with Crippen molar-refractivity contribution in [1.29, 1.82) is 0 Å². The molecule has 0 unspecified atom stereocenters. The van der Waals surface area contributed by atoms with E-state index in [1.807, 2.05) is 48.5 Å². The second kappa shape index (κ2) is 6.89. The van der Waals surface area contributed by atoms with Crippen LogP contribution in [0.4, 0.5) is 10.5 Å². The van der Waals surface area contributed by atoms with Crippen molar-refractivity contribution in [2.75, 3.05) is 18.5 Å². The number of nitrogens with one attached hydrogen (secondary N) is 1. The summed E-state index contributed by atoms with van der Waals surface area (Å²) in [5.41, 5.74) is 1.78. The summed E-state index contributed by atoms with van der Waals surface area (Å²) in [5, 5.41) is 3.62. The number of rotatable bonds is 5. The van der Waals surface area contributed by atoms with Crippen molar-refractivity contribution >= 4 is 23.4 Å². The van der Waals surface area contributed by atoms with Crippen LogP contribution >= 0.6 is 11.6 Å². The summed E-state index contributed by atoms with van der Waals surface area (Å²) in [6.45, 7) is 0.922. The zero-order chi connectivity index (χ0) is 16.2. The molecule has 0 aliphatic carbocycles. The van der Waals surface area contributed by atoms with Gasteiger partial charge in [0.05, 0.1) is 6.54 Å². The number of nitrogens with zero attached hydrogens (tertiary/aromatic N) is 1. The molecule has 6 heteroatoms. The summed E-state index contributed by atoms with van der Waals surface area (Å²) in [7, 11) is 1.76. The number of amides is 1. The zero-order valence-corrected chi connectivity index (χ0v) is 13.4. The van der Waals surface area contributed by atoms with E-state index in [1.165, 1.54) is 0 Å². The highest BCUT2D eigenvalue weighted by Crippen LogP contribution is 2.24. The van der Waals surface area contributed by atoms with E-state index in [-0.39, 0.29) is 12.3 Å². The second-order valence-electron chi connectivity index (χ2n) is 5.18. The van der Waals surface area contributed by atoms with Gasteiger partial charge in [-0.1, -0.05) is 23.7 Å². The van der Waals surface area contributed by atoms with E-state index in [4.69, 9.17) is 21.1 Å². The third kappa shape index (κ3) is 3.75. The maximum absolute atomic E-state index is 11.8. The fraction of sp³-hybridized carbons (Fsp3) is 0.235. The Kier molecular flexibility index (Phi) is 4.69. The molecule has 1 heterocycles. The van der Waals surface area contributed by atoms with Crippen LogP contribution in [0.2, 0.25) is 5.02 Å². The molecule has 120 valence electrons. The smallest absolute Gasteiger partial charge is 0.416 e. The molecular weight excluding hydrogens is 316 g/mol. The molecule has 1 atom stereocenters. The normalized spacial score (nSPS) is 17.2. The lowest BCUT2D eigenvalue weighted by Crippen LogP contribution is -2.30. The predicted molar refractivity (Wildman–Crippen MR) is 88.9 cm³/mol. The van der Waals surface area contributed by atoms with Crippen LogP contribution in [-0.2, 0) is 11.3 Å². The molecule has 2 aromatic rings. The first-order valence-corrected chi connectivity index (χ1v) is 7.66. The molecule has 1 fully saturated rings. The van der Waals surface area contributed by atoms with Crippen LogP contribution in [-0.4, -0.2) is 25.9 Å². The number of carbonyl (C=O) groups is 1. The van der Waals surface area contributed by atoms with E-state index in [0.29, 0.717) is 18.2 Å². The van der Waals surface area contributed by atoms with Crippen molar-refractivity contribution in [3.8, 4) is 5.75 Å². The third-order valence-corrected chi connectivity index (χ3v) is 3.81. The molecule has 0 bridgehead atoms. The minimum atomic E-state index is -0.350. The molecule has 0 radical (unpaired) electrons. The van der Waals surface area contributed by atoms with Crippen LogP contribution in [0.3, 0.4) is 0 Å². The van der Waals surface area contributed by atoms with Crippen molar-refractivity contribution in [2.24, 2.45) is 0 Å². The molecule has 0 saturated carbocycles. The lowest BCUT2D eigenvalue weighted by atomic mass is 10.2. The summed E-state index contributed by atoms with van der Waals surface area (Å²) in [5.74, 6) is 0.728. The highest BCUT2D eigenvalue weighted by molar-refractivity contribution is 6.30. The topological polar surface area (TPSA) is 50.8 Å². The number of halogens is 1. The van der Waals surface area contributed by atoms with Gasteiger partial charge >= 0.3 is 6.09 Å². The number of ether oxygens (including phenoxy) is 2. The van der Waals surface area contributed by atoms with Crippen molar-refractivity contribution in [1.82, 2.24) is 5.32 Å². The highest BCUT2D eigenvalue weighted by atomic mass is 35.5. The van der Waals surface area contributed by atoms with Gasteiger partial charge in [0.15, 0.2) is 6.23 Å². The Balaban J connectivity index is 1.62. The average Bonchev–Trinajstić information content (AvgIpc) is 2.95. The average molecular weight is 333 g/mol. The van der Waals surface area contributed by atoms with E-state index in [2.05, 4.69) is 5.32 Å². The molecule has 2 aromatic carbocycles. The number of carbonyl (C=O) groups excluding carboxylic acids is 1. The minimum absolute atomic E-state index is 0.277. The van der Waals surface area contributed by atoms with E-state index in [9.17, 15) is 4.79 Å². The Morgan fingerprint density at radius 1 is 1.30 bits per heavy atom. The Hall–Kier alpha value is -2.24. The van der Waals surface area contributed by atoms with Crippen molar-refractivity contribution in [3.63, 3.8) is 0 Å². The highest BCUT2D eigenvalue weighted by Gasteiger charge is 2.31. The number of hydrogen-bond donors (Lipinski definition) is 1. The standard InChI is InChI=1S/C17H17ClN2O3/c1-19-16-10-20(17(21)23-16)14-5-7-15(8-6-14)22-11-12-3-2-4-13(18)9-12/h2-9,16,19H,10-11H2,1H3/t16-/m1/s1. The first-order valence-electron chi connectivity index (χ1n) is 7.28. The van der Waals surface area contributed by atoms with Crippen LogP contribution in [0, 0.1) is 0 Å². The summed E-state index contributed by atoms with van der Waals surface area (Å²) >= 11 is 5.95. The maximum Gasteiger partial charge on any atom is 0.416 e. The summed E-state index contributed by atoms with van der Waals surface area (Å²) in [6.07, 6.45) is -0.627. The van der Waals surface area contributed by atoms with E-state index >= 15 is 0 Å². The van der Waals surface area contributed by atoms with Gasteiger partial charge in [0.2, 0.25) is 0 Å². The van der Waals surface area contributed by atoms with Gasteiger partial charge < -0.3 is 9.47 Å². The van der Waals surface area contributed by atoms with Gasteiger partial charge in [0.1, 0.15) is 12.4 Å². The monoisotopic (exact) mass is 332 g/mol.